The van der Waals surface area contributed by atoms with Gasteiger partial charge in [-0.25, -0.2) is 15.0 Å². The van der Waals surface area contributed by atoms with Crippen molar-refractivity contribution in [1.82, 2.24) is 15.0 Å². The number of rotatable bonds is 7. The summed E-state index contributed by atoms with van der Waals surface area (Å²) in [5.74, 6) is 0.134. The van der Waals surface area contributed by atoms with Crippen LogP contribution in [0.5, 0.6) is 0 Å². The standard InChI is InChI=1S/C31H31N5O2/c1-6-30(7-2)28(37)31(8-3,29(30)38)21-11-9-10-20(16-21)23-17-24(19-12-14-22(15-13-19)36(4)5)35-27-25(23)26(32)33-18-34-27/h8-18H,3,6-7H2,1-2,4-5H3,(H2,32,33,34,35). The summed E-state index contributed by atoms with van der Waals surface area (Å²) in [5.41, 5.74) is 9.39. The number of pyridine rings is 1. The van der Waals surface area contributed by atoms with Gasteiger partial charge in [0.2, 0.25) is 0 Å². The summed E-state index contributed by atoms with van der Waals surface area (Å²) in [5, 5.41) is 0.619. The van der Waals surface area contributed by atoms with Crippen molar-refractivity contribution >= 4 is 34.1 Å². The lowest BCUT2D eigenvalue weighted by molar-refractivity contribution is -0.161. The Morgan fingerprint density at radius 3 is 2.24 bits per heavy atom. The number of aromatic nitrogens is 3. The molecule has 7 heteroatoms. The third-order valence-corrected chi connectivity index (χ3v) is 8.04. The fourth-order valence-electron chi connectivity index (χ4n) is 5.68. The van der Waals surface area contributed by atoms with Crippen LogP contribution in [-0.4, -0.2) is 40.6 Å². The van der Waals surface area contributed by atoms with Gasteiger partial charge in [-0.1, -0.05) is 50.3 Å². The second-order valence-electron chi connectivity index (χ2n) is 9.99. The topological polar surface area (TPSA) is 102 Å². The van der Waals surface area contributed by atoms with E-state index in [0.717, 1.165) is 28.1 Å². The van der Waals surface area contributed by atoms with Gasteiger partial charge in [-0.15, -0.1) is 6.58 Å². The summed E-state index contributed by atoms with van der Waals surface area (Å²) < 4.78 is 0. The number of ketones is 2. The lowest BCUT2D eigenvalue weighted by Crippen LogP contribution is -2.68. The smallest absolute Gasteiger partial charge is 0.168 e. The molecule has 0 amide bonds. The predicted molar refractivity (Wildman–Crippen MR) is 152 cm³/mol. The monoisotopic (exact) mass is 505 g/mol. The van der Waals surface area contributed by atoms with Crippen LogP contribution in [0.2, 0.25) is 0 Å². The second-order valence-corrected chi connectivity index (χ2v) is 9.99. The second kappa shape index (κ2) is 9.17. The average Bonchev–Trinajstić information content (AvgIpc) is 2.94. The molecule has 1 aliphatic carbocycles. The minimum Gasteiger partial charge on any atom is -0.383 e. The molecule has 1 fully saturated rings. The molecule has 0 radical (unpaired) electrons. The van der Waals surface area contributed by atoms with Crippen LogP contribution in [-0.2, 0) is 15.0 Å². The Morgan fingerprint density at radius 2 is 1.63 bits per heavy atom. The zero-order chi connectivity index (χ0) is 27.2. The summed E-state index contributed by atoms with van der Waals surface area (Å²) in [7, 11) is 3.99. The molecule has 5 rings (SSSR count). The Morgan fingerprint density at radius 1 is 0.947 bits per heavy atom. The van der Waals surface area contributed by atoms with E-state index in [0.29, 0.717) is 35.3 Å². The third-order valence-electron chi connectivity index (χ3n) is 8.04. The van der Waals surface area contributed by atoms with E-state index < -0.39 is 10.8 Å². The number of allylic oxidation sites excluding steroid dienone is 1. The number of carbonyl (C=O) groups excluding carboxylic acids is 2. The van der Waals surface area contributed by atoms with E-state index in [1.165, 1.54) is 12.4 Å². The summed E-state index contributed by atoms with van der Waals surface area (Å²) in [6.45, 7) is 7.69. The Hall–Kier alpha value is -4.39. The van der Waals surface area contributed by atoms with Gasteiger partial charge in [-0.2, -0.15) is 0 Å². The molecule has 0 spiro atoms. The van der Waals surface area contributed by atoms with E-state index >= 15 is 0 Å². The first-order valence-electron chi connectivity index (χ1n) is 12.8. The van der Waals surface area contributed by atoms with Crippen LogP contribution in [0.3, 0.4) is 0 Å². The Kier molecular flexibility index (Phi) is 6.10. The zero-order valence-corrected chi connectivity index (χ0v) is 22.2. The fourth-order valence-corrected chi connectivity index (χ4v) is 5.68. The van der Waals surface area contributed by atoms with Crippen molar-refractivity contribution in [1.29, 1.82) is 0 Å². The van der Waals surface area contributed by atoms with Crippen molar-refractivity contribution < 1.29 is 9.59 Å². The molecule has 4 aromatic rings. The van der Waals surface area contributed by atoms with Crippen LogP contribution in [0.25, 0.3) is 33.4 Å². The van der Waals surface area contributed by atoms with Crippen LogP contribution in [0, 0.1) is 5.41 Å². The minimum atomic E-state index is -1.35. The first kappa shape index (κ1) is 25.3. The van der Waals surface area contributed by atoms with Crippen LogP contribution in [0.15, 0.2) is 73.6 Å². The van der Waals surface area contributed by atoms with E-state index in [-0.39, 0.29) is 11.6 Å². The van der Waals surface area contributed by atoms with Gasteiger partial charge in [0, 0.05) is 25.3 Å². The van der Waals surface area contributed by atoms with Crippen LogP contribution < -0.4 is 10.6 Å². The number of Topliss-reactive ketones (excluding diaryl/α,β-unsaturated/α-hetero) is 2. The number of benzene rings is 2. The summed E-state index contributed by atoms with van der Waals surface area (Å²) in [4.78, 5) is 42.6. The largest absolute Gasteiger partial charge is 0.383 e. The number of anilines is 2. The number of hydrogen-bond acceptors (Lipinski definition) is 7. The van der Waals surface area contributed by atoms with E-state index in [2.05, 4.69) is 16.5 Å². The van der Waals surface area contributed by atoms with Gasteiger partial charge < -0.3 is 10.6 Å². The van der Waals surface area contributed by atoms with Gasteiger partial charge in [-0.3, -0.25) is 9.59 Å². The van der Waals surface area contributed by atoms with Gasteiger partial charge in [0.05, 0.1) is 16.5 Å². The zero-order valence-electron chi connectivity index (χ0n) is 22.2. The highest BCUT2D eigenvalue weighted by molar-refractivity contribution is 6.36. The Balaban J connectivity index is 1.69. The number of nitrogen functional groups attached to an aromatic ring is 1. The SMILES string of the molecule is C=CC1(c2cccc(-c3cc(-c4ccc(N(C)C)cc4)nc4ncnc(N)c34)c2)C(=O)C(CC)(CC)C1=O. The van der Waals surface area contributed by atoms with Crippen molar-refractivity contribution in [2.75, 3.05) is 24.7 Å². The number of nitrogens with zero attached hydrogens (tertiary/aromatic N) is 4. The van der Waals surface area contributed by atoms with Gasteiger partial charge in [0.1, 0.15) is 17.6 Å². The summed E-state index contributed by atoms with van der Waals surface area (Å²) >= 11 is 0. The quantitative estimate of drug-likeness (QED) is 0.265. The number of fused-ring (bicyclic) bond motifs is 1. The molecule has 2 heterocycles. The highest BCUT2D eigenvalue weighted by Crippen LogP contribution is 2.54. The minimum absolute atomic E-state index is 0.0868. The normalized spacial score (nSPS) is 15.8. The molecule has 2 aromatic heterocycles. The van der Waals surface area contributed by atoms with E-state index in [1.807, 2.05) is 87.4 Å². The lowest BCUT2D eigenvalue weighted by atomic mass is 9.46. The molecule has 1 saturated carbocycles. The molecule has 2 N–H and O–H groups in total. The van der Waals surface area contributed by atoms with Gasteiger partial charge in [0.15, 0.2) is 17.2 Å². The predicted octanol–water partition coefficient (Wildman–Crippen LogP) is 5.39. The Labute approximate surface area is 222 Å². The maximum absolute atomic E-state index is 13.6. The highest BCUT2D eigenvalue weighted by atomic mass is 16.2. The molecule has 192 valence electrons. The molecule has 0 atom stereocenters. The molecule has 0 saturated heterocycles. The van der Waals surface area contributed by atoms with Crippen molar-refractivity contribution in [3.05, 3.63) is 79.1 Å². The van der Waals surface area contributed by atoms with Gasteiger partial charge >= 0.3 is 0 Å². The van der Waals surface area contributed by atoms with E-state index in [9.17, 15) is 9.59 Å². The van der Waals surface area contributed by atoms with Crippen LogP contribution >= 0.6 is 0 Å². The van der Waals surface area contributed by atoms with E-state index in [1.54, 1.807) is 0 Å². The molecule has 38 heavy (non-hydrogen) atoms. The van der Waals surface area contributed by atoms with Crippen LogP contribution in [0.1, 0.15) is 32.3 Å². The maximum atomic E-state index is 13.6. The summed E-state index contributed by atoms with van der Waals surface area (Å²) in [6, 6.07) is 17.5. The average molecular weight is 506 g/mol. The fraction of sp³-hybridized carbons (Fsp3) is 0.258. The molecule has 0 aliphatic heterocycles. The number of carbonyl (C=O) groups is 2. The third kappa shape index (κ3) is 3.45. The Bertz CT molecular complexity index is 1570. The molecule has 2 aromatic carbocycles. The molecule has 0 bridgehead atoms. The number of hydrogen-bond donors (Lipinski definition) is 1. The highest BCUT2D eigenvalue weighted by Gasteiger charge is 2.68. The van der Waals surface area contributed by atoms with Crippen molar-refractivity contribution in [2.24, 2.45) is 5.41 Å². The van der Waals surface area contributed by atoms with Crippen molar-refractivity contribution in [2.45, 2.75) is 32.1 Å². The molecular weight excluding hydrogens is 474 g/mol. The first-order chi connectivity index (χ1) is 18.2. The lowest BCUT2D eigenvalue weighted by Gasteiger charge is -2.50. The van der Waals surface area contributed by atoms with E-state index in [4.69, 9.17) is 10.7 Å². The molecule has 7 nitrogen and oxygen atoms in total. The van der Waals surface area contributed by atoms with Crippen molar-refractivity contribution in [3.8, 4) is 22.4 Å². The first-order valence-corrected chi connectivity index (χ1v) is 12.8. The molecule has 0 unspecified atom stereocenters. The van der Waals surface area contributed by atoms with Gasteiger partial charge in [-0.05, 0) is 53.8 Å². The van der Waals surface area contributed by atoms with Gasteiger partial charge in [0.25, 0.3) is 0 Å². The summed E-state index contributed by atoms with van der Waals surface area (Å²) in [6.07, 6.45) is 3.86. The van der Waals surface area contributed by atoms with Crippen LogP contribution in [0.4, 0.5) is 11.5 Å². The maximum Gasteiger partial charge on any atom is 0.168 e. The molecular formula is C31H31N5O2. The molecule has 1 aliphatic rings. The van der Waals surface area contributed by atoms with Crippen molar-refractivity contribution in [3.63, 3.8) is 0 Å². The number of nitrogens with two attached hydrogens (primary N) is 1.